The number of pyridine rings is 1. The van der Waals surface area contributed by atoms with E-state index in [-0.39, 0.29) is 6.04 Å². The van der Waals surface area contributed by atoms with Crippen molar-refractivity contribution in [3.63, 3.8) is 0 Å². The molecule has 21 heavy (non-hydrogen) atoms. The number of aliphatic imine (C=N–C) groups is 1. The van der Waals surface area contributed by atoms with Gasteiger partial charge < -0.3 is 19.3 Å². The molecule has 0 amide bonds. The minimum atomic E-state index is 0.168. The van der Waals surface area contributed by atoms with Gasteiger partial charge in [-0.2, -0.15) is 5.26 Å². The molecular weight excluding hydrogens is 270 g/mol. The normalized spacial score (nSPS) is 20.4. The van der Waals surface area contributed by atoms with Crippen molar-refractivity contribution in [2.45, 2.75) is 6.04 Å². The van der Waals surface area contributed by atoms with Crippen LogP contribution < -0.4 is 9.64 Å². The number of nitriles is 1. The molecule has 110 valence electrons. The van der Waals surface area contributed by atoms with Crippen molar-refractivity contribution in [3.8, 4) is 11.8 Å². The molecule has 0 aliphatic carbocycles. The summed E-state index contributed by atoms with van der Waals surface area (Å²) in [6, 6.07) is 4.06. The highest BCUT2D eigenvalue weighted by Crippen LogP contribution is 2.37. The predicted octanol–water partition coefficient (Wildman–Crippen LogP) is 0.772. The first-order valence-electron chi connectivity index (χ1n) is 6.82. The van der Waals surface area contributed by atoms with Crippen LogP contribution in [0.3, 0.4) is 0 Å². The number of fused-ring (bicyclic) bond motifs is 3. The lowest BCUT2D eigenvalue weighted by Crippen LogP contribution is -2.51. The third-order valence-corrected chi connectivity index (χ3v) is 3.41. The lowest BCUT2D eigenvalue weighted by molar-refractivity contribution is 0.0697. The van der Waals surface area contributed by atoms with E-state index in [1.807, 2.05) is 14.1 Å². The van der Waals surface area contributed by atoms with Crippen LogP contribution in [0.1, 0.15) is 5.69 Å². The quantitative estimate of drug-likeness (QED) is 0.591. The monoisotopic (exact) mass is 287 g/mol. The molecule has 3 rings (SSSR count). The summed E-state index contributed by atoms with van der Waals surface area (Å²) < 4.78 is 11.2. The van der Waals surface area contributed by atoms with Gasteiger partial charge in [-0.25, -0.2) is 9.98 Å². The molecule has 0 spiro atoms. The third kappa shape index (κ3) is 2.62. The Hall–Kier alpha value is -2.33. The van der Waals surface area contributed by atoms with Gasteiger partial charge in [0.1, 0.15) is 18.4 Å². The maximum Gasteiger partial charge on any atom is 0.173 e. The van der Waals surface area contributed by atoms with E-state index in [9.17, 15) is 5.26 Å². The fourth-order valence-electron chi connectivity index (χ4n) is 2.40. The molecule has 0 bridgehead atoms. The zero-order valence-corrected chi connectivity index (χ0v) is 12.1. The highest BCUT2D eigenvalue weighted by atomic mass is 16.5. The van der Waals surface area contributed by atoms with E-state index in [2.05, 4.69) is 20.9 Å². The maximum absolute atomic E-state index is 9.30. The van der Waals surface area contributed by atoms with Gasteiger partial charge in [0.05, 0.1) is 25.6 Å². The Bertz CT molecular complexity index is 608. The second kappa shape index (κ2) is 5.58. The van der Waals surface area contributed by atoms with E-state index in [0.717, 1.165) is 12.4 Å². The van der Waals surface area contributed by atoms with Gasteiger partial charge in [0, 0.05) is 26.7 Å². The van der Waals surface area contributed by atoms with Crippen molar-refractivity contribution in [2.24, 2.45) is 4.99 Å². The number of hydrogen-bond donors (Lipinski definition) is 0. The molecule has 0 aromatic carbocycles. The van der Waals surface area contributed by atoms with Crippen LogP contribution in [0.25, 0.3) is 0 Å². The summed E-state index contributed by atoms with van der Waals surface area (Å²) in [4.78, 5) is 12.7. The molecule has 2 aliphatic rings. The second-order valence-corrected chi connectivity index (χ2v) is 5.23. The lowest BCUT2D eigenvalue weighted by Gasteiger charge is -2.40. The van der Waals surface area contributed by atoms with Crippen LogP contribution in [-0.4, -0.2) is 62.7 Å². The van der Waals surface area contributed by atoms with E-state index < -0.39 is 0 Å². The molecule has 1 aromatic heterocycles. The Balaban J connectivity index is 2.00. The smallest absolute Gasteiger partial charge is 0.173 e. The Labute approximate surface area is 123 Å². The van der Waals surface area contributed by atoms with Crippen LogP contribution >= 0.6 is 0 Å². The molecule has 1 atom stereocenters. The summed E-state index contributed by atoms with van der Waals surface area (Å²) in [5, 5.41) is 9.30. The molecule has 7 nitrogen and oxygen atoms in total. The van der Waals surface area contributed by atoms with Gasteiger partial charge in [0.15, 0.2) is 17.3 Å². The molecule has 1 fully saturated rings. The molecule has 7 heteroatoms. The van der Waals surface area contributed by atoms with Gasteiger partial charge in [-0.15, -0.1) is 0 Å². The summed E-state index contributed by atoms with van der Waals surface area (Å²) in [5.74, 6) is 1.40. The van der Waals surface area contributed by atoms with Gasteiger partial charge in [-0.05, 0) is 0 Å². The average molecular weight is 287 g/mol. The summed E-state index contributed by atoms with van der Waals surface area (Å²) >= 11 is 0. The second-order valence-electron chi connectivity index (χ2n) is 5.23. The number of rotatable bonds is 2. The summed E-state index contributed by atoms with van der Waals surface area (Å²) in [5.41, 5.74) is 0.833. The summed E-state index contributed by atoms with van der Waals surface area (Å²) in [6.07, 6.45) is 1.64. The van der Waals surface area contributed by atoms with Crippen molar-refractivity contribution in [1.29, 1.82) is 5.26 Å². The van der Waals surface area contributed by atoms with Crippen LogP contribution in [0.5, 0.6) is 5.75 Å². The van der Waals surface area contributed by atoms with Gasteiger partial charge in [0.25, 0.3) is 0 Å². The van der Waals surface area contributed by atoms with Crippen molar-refractivity contribution >= 4 is 17.8 Å². The van der Waals surface area contributed by atoms with Gasteiger partial charge >= 0.3 is 0 Å². The van der Waals surface area contributed by atoms with E-state index in [4.69, 9.17) is 9.47 Å². The van der Waals surface area contributed by atoms with E-state index in [0.29, 0.717) is 37.0 Å². The number of ether oxygens (including phenoxy) is 2. The van der Waals surface area contributed by atoms with Crippen LogP contribution in [0, 0.1) is 11.3 Å². The molecule has 0 saturated carbocycles. The third-order valence-electron chi connectivity index (χ3n) is 3.41. The number of aromatic nitrogens is 1. The van der Waals surface area contributed by atoms with Crippen LogP contribution in [0.4, 0.5) is 11.5 Å². The number of nitrogens with zero attached hydrogens (tertiary/aromatic N) is 5. The molecular formula is C14H17N5O2. The zero-order chi connectivity index (χ0) is 14.8. The maximum atomic E-state index is 9.30. The zero-order valence-electron chi connectivity index (χ0n) is 12.1. The largest absolute Gasteiger partial charge is 0.487 e. The number of anilines is 1. The Morgan fingerprint density at radius 1 is 1.52 bits per heavy atom. The highest BCUT2D eigenvalue weighted by molar-refractivity contribution is 5.69. The average Bonchev–Trinajstić information content (AvgIpc) is 2.51. The van der Waals surface area contributed by atoms with Crippen molar-refractivity contribution < 1.29 is 9.47 Å². The number of hydrogen-bond acceptors (Lipinski definition) is 6. The van der Waals surface area contributed by atoms with Crippen molar-refractivity contribution in [3.05, 3.63) is 11.8 Å². The standard InChI is InChI=1S/C14H17N5O2/c1-18(2)9-16-11-5-13-14(17-12(11)6-15)19-3-4-20-7-10(19)8-21-13/h5,9-10H,3-4,7-8H2,1-2H3/b16-9-/t10-/m0/s1. The minimum absolute atomic E-state index is 0.168. The van der Waals surface area contributed by atoms with Crippen LogP contribution in [0.2, 0.25) is 0 Å². The SMILES string of the molecule is CN(C)/C=N\c1cc2c(nc1C#N)N1CCOC[C@H]1CO2. The first kappa shape index (κ1) is 13.6. The van der Waals surface area contributed by atoms with Crippen LogP contribution in [0.15, 0.2) is 11.1 Å². The van der Waals surface area contributed by atoms with Crippen molar-refractivity contribution in [2.75, 3.05) is 45.4 Å². The molecule has 1 saturated heterocycles. The molecule has 0 unspecified atom stereocenters. The predicted molar refractivity (Wildman–Crippen MR) is 78.2 cm³/mol. The fourth-order valence-corrected chi connectivity index (χ4v) is 2.40. The molecule has 2 aliphatic heterocycles. The molecule has 3 heterocycles. The minimum Gasteiger partial charge on any atom is -0.487 e. The lowest BCUT2D eigenvalue weighted by atomic mass is 10.2. The summed E-state index contributed by atoms with van der Waals surface area (Å²) in [6.45, 7) is 2.63. The first-order valence-corrected chi connectivity index (χ1v) is 6.82. The van der Waals surface area contributed by atoms with Crippen molar-refractivity contribution in [1.82, 2.24) is 9.88 Å². The number of morpholine rings is 1. The fraction of sp³-hybridized carbons (Fsp3) is 0.500. The van der Waals surface area contributed by atoms with Crippen LogP contribution in [-0.2, 0) is 4.74 Å². The summed E-state index contributed by atoms with van der Waals surface area (Å²) in [7, 11) is 3.74. The van der Waals surface area contributed by atoms with E-state index in [1.54, 1.807) is 17.3 Å². The van der Waals surface area contributed by atoms with Gasteiger partial charge in [-0.1, -0.05) is 0 Å². The molecule has 1 aromatic rings. The van der Waals surface area contributed by atoms with Gasteiger partial charge in [-0.3, -0.25) is 0 Å². The van der Waals surface area contributed by atoms with E-state index >= 15 is 0 Å². The highest BCUT2D eigenvalue weighted by Gasteiger charge is 2.32. The molecule has 0 radical (unpaired) electrons. The molecule has 0 N–H and O–H groups in total. The Kier molecular flexibility index (Phi) is 3.62. The topological polar surface area (TPSA) is 74.0 Å². The van der Waals surface area contributed by atoms with Gasteiger partial charge in [0.2, 0.25) is 0 Å². The Morgan fingerprint density at radius 2 is 2.38 bits per heavy atom. The van der Waals surface area contributed by atoms with E-state index in [1.165, 1.54) is 0 Å². The first-order chi connectivity index (χ1) is 10.2. The Morgan fingerprint density at radius 3 is 3.14 bits per heavy atom.